The second-order valence-corrected chi connectivity index (χ2v) is 3.28. The van der Waals surface area contributed by atoms with Crippen molar-refractivity contribution in [1.29, 1.82) is 0 Å². The zero-order valence-corrected chi connectivity index (χ0v) is 9.15. The topological polar surface area (TPSA) is 113 Å². The maximum absolute atomic E-state index is 10.5. The third-order valence-corrected chi connectivity index (χ3v) is 1.89. The van der Waals surface area contributed by atoms with Crippen molar-refractivity contribution in [1.82, 2.24) is 20.2 Å². The molecular formula is C9H12N4O4. The summed E-state index contributed by atoms with van der Waals surface area (Å²) in [5.74, 6) is -0.200. The lowest BCUT2D eigenvalue weighted by molar-refractivity contribution is -0.120. The average Bonchev–Trinajstić information content (AvgIpc) is 2.24. The van der Waals surface area contributed by atoms with Crippen molar-refractivity contribution in [2.75, 3.05) is 6.54 Å². The normalized spacial score (nSPS) is 14.2. The minimum atomic E-state index is -0.388. The number of hydrogen-bond acceptors (Lipinski definition) is 4. The number of amides is 3. The highest BCUT2D eigenvalue weighted by atomic mass is 16.2. The van der Waals surface area contributed by atoms with Gasteiger partial charge in [0, 0.05) is 32.3 Å². The molecule has 17 heavy (non-hydrogen) atoms. The Morgan fingerprint density at radius 2 is 1.94 bits per heavy atom. The van der Waals surface area contributed by atoms with Crippen LogP contribution in [0.15, 0.2) is 21.9 Å². The fraction of sp³-hybridized carbons (Fsp3) is 0.333. The first kappa shape index (κ1) is 12.7. The van der Waals surface area contributed by atoms with E-state index >= 15 is 0 Å². The molecule has 1 aromatic heterocycles. The van der Waals surface area contributed by atoms with E-state index in [4.69, 9.17) is 0 Å². The molecule has 0 spiro atoms. The van der Waals surface area contributed by atoms with Crippen LogP contribution in [-0.2, 0) is 11.8 Å². The maximum Gasteiger partial charge on any atom is 0.328 e. The quantitative estimate of drug-likeness (QED) is 0.501. The lowest BCUT2D eigenvalue weighted by Crippen LogP contribution is -2.46. The Morgan fingerprint density at radius 3 is 2.35 bits per heavy atom. The van der Waals surface area contributed by atoms with Crippen molar-refractivity contribution in [3.05, 3.63) is 33.1 Å². The Kier molecular flexibility index (Phi) is 4.21. The molecule has 3 N–H and O–H groups in total. The molecule has 1 aromatic rings. The second-order valence-electron chi connectivity index (χ2n) is 3.28. The number of rotatable bonds is 0. The van der Waals surface area contributed by atoms with Crippen LogP contribution >= 0.6 is 0 Å². The summed E-state index contributed by atoms with van der Waals surface area (Å²) < 4.78 is 1.29. The van der Waals surface area contributed by atoms with Gasteiger partial charge in [0.25, 0.3) is 5.56 Å². The average molecular weight is 240 g/mol. The summed E-state index contributed by atoms with van der Waals surface area (Å²) in [5.41, 5.74) is -0.749. The smallest absolute Gasteiger partial charge is 0.328 e. The summed E-state index contributed by atoms with van der Waals surface area (Å²) >= 11 is 0. The number of aryl methyl sites for hydroxylation is 1. The number of aromatic nitrogens is 2. The van der Waals surface area contributed by atoms with Gasteiger partial charge in [-0.25, -0.2) is 9.59 Å². The highest BCUT2D eigenvalue weighted by Crippen LogP contribution is 1.82. The van der Waals surface area contributed by atoms with Gasteiger partial charge < -0.3 is 9.88 Å². The van der Waals surface area contributed by atoms with Gasteiger partial charge >= 0.3 is 11.7 Å². The van der Waals surface area contributed by atoms with Crippen molar-refractivity contribution in [3.8, 4) is 0 Å². The van der Waals surface area contributed by atoms with E-state index < -0.39 is 0 Å². The van der Waals surface area contributed by atoms with Crippen molar-refractivity contribution in [2.45, 2.75) is 6.42 Å². The van der Waals surface area contributed by atoms with Gasteiger partial charge in [-0.1, -0.05) is 0 Å². The fourth-order valence-electron chi connectivity index (χ4n) is 1.01. The summed E-state index contributed by atoms with van der Waals surface area (Å²) in [6, 6.07) is 0.905. The number of nitrogens with one attached hydrogen (secondary N) is 3. The first-order valence-electron chi connectivity index (χ1n) is 4.82. The van der Waals surface area contributed by atoms with E-state index in [2.05, 4.69) is 15.6 Å². The summed E-state index contributed by atoms with van der Waals surface area (Å²) in [7, 11) is 1.57. The zero-order valence-electron chi connectivity index (χ0n) is 9.15. The first-order valence-corrected chi connectivity index (χ1v) is 4.82. The number of nitrogens with zero attached hydrogens (tertiary/aromatic N) is 1. The van der Waals surface area contributed by atoms with Crippen LogP contribution in [0.4, 0.5) is 4.79 Å². The molecule has 0 radical (unpaired) electrons. The standard InChI is InChI=1S/C5H6N2O2.C4H6N2O2/c1-7-3-2-4(8)6-5(7)9;7-3-1-2-5-4(8)6-3/h2-3H,1H3,(H,6,8,9);1-2H2,(H2,5,6,7,8). The molecule has 0 saturated carbocycles. The Morgan fingerprint density at radius 1 is 1.24 bits per heavy atom. The molecular weight excluding hydrogens is 228 g/mol. The Labute approximate surface area is 95.7 Å². The van der Waals surface area contributed by atoms with E-state index in [-0.39, 0.29) is 23.2 Å². The van der Waals surface area contributed by atoms with Gasteiger partial charge in [-0.15, -0.1) is 0 Å². The fourth-order valence-corrected chi connectivity index (χ4v) is 1.01. The molecule has 1 aliphatic rings. The zero-order chi connectivity index (χ0) is 12.8. The summed E-state index contributed by atoms with van der Waals surface area (Å²) in [5, 5.41) is 4.53. The van der Waals surface area contributed by atoms with E-state index in [0.717, 1.165) is 0 Å². The van der Waals surface area contributed by atoms with Gasteiger partial charge in [0.2, 0.25) is 5.91 Å². The van der Waals surface area contributed by atoms with Gasteiger partial charge in [0.15, 0.2) is 0 Å². The van der Waals surface area contributed by atoms with Crippen LogP contribution in [0.3, 0.4) is 0 Å². The van der Waals surface area contributed by atoms with Crippen LogP contribution in [0.5, 0.6) is 0 Å². The van der Waals surface area contributed by atoms with Crippen molar-refractivity contribution < 1.29 is 9.59 Å². The molecule has 92 valence electrons. The number of hydrogen-bond donors (Lipinski definition) is 3. The molecule has 8 nitrogen and oxygen atoms in total. The number of urea groups is 1. The first-order chi connectivity index (χ1) is 7.99. The molecule has 0 bridgehead atoms. The Balaban J connectivity index is 0.000000171. The molecule has 2 heterocycles. The molecule has 3 amide bonds. The molecule has 1 saturated heterocycles. The molecule has 8 heteroatoms. The van der Waals surface area contributed by atoms with Gasteiger partial charge in [-0.05, 0) is 0 Å². The maximum atomic E-state index is 10.5. The van der Waals surface area contributed by atoms with Crippen LogP contribution < -0.4 is 21.9 Å². The highest BCUT2D eigenvalue weighted by molar-refractivity contribution is 5.96. The molecule has 1 aliphatic heterocycles. The lowest BCUT2D eigenvalue weighted by Gasteiger charge is -2.10. The van der Waals surface area contributed by atoms with E-state index in [0.29, 0.717) is 13.0 Å². The van der Waals surface area contributed by atoms with Crippen LogP contribution in [0, 0.1) is 0 Å². The summed E-state index contributed by atoms with van der Waals surface area (Å²) in [6.07, 6.45) is 1.81. The van der Waals surface area contributed by atoms with Gasteiger partial charge in [0.1, 0.15) is 0 Å². The predicted molar refractivity (Wildman–Crippen MR) is 58.5 cm³/mol. The monoisotopic (exact) mass is 240 g/mol. The molecule has 0 atom stereocenters. The lowest BCUT2D eigenvalue weighted by atomic mass is 10.3. The van der Waals surface area contributed by atoms with Crippen LogP contribution in [0.2, 0.25) is 0 Å². The third kappa shape index (κ3) is 4.33. The minimum Gasteiger partial charge on any atom is -0.337 e. The van der Waals surface area contributed by atoms with Crippen LogP contribution in [-0.4, -0.2) is 28.0 Å². The minimum absolute atomic E-state index is 0.200. The van der Waals surface area contributed by atoms with Gasteiger partial charge in [0.05, 0.1) is 0 Å². The molecule has 2 rings (SSSR count). The Bertz CT molecular complexity index is 516. The van der Waals surface area contributed by atoms with E-state index in [9.17, 15) is 19.2 Å². The second kappa shape index (κ2) is 5.64. The number of carbonyl (C=O) groups is 2. The largest absolute Gasteiger partial charge is 0.337 e. The van der Waals surface area contributed by atoms with E-state index in [1.54, 1.807) is 7.05 Å². The van der Waals surface area contributed by atoms with Gasteiger partial charge in [-0.2, -0.15) is 0 Å². The SMILES string of the molecule is Cn1ccc(=O)[nH]c1=O.O=C1CCNC(=O)N1. The van der Waals surface area contributed by atoms with Crippen molar-refractivity contribution >= 4 is 11.9 Å². The van der Waals surface area contributed by atoms with Crippen LogP contribution in [0.25, 0.3) is 0 Å². The number of H-pyrrole nitrogens is 1. The highest BCUT2D eigenvalue weighted by Gasteiger charge is 2.11. The van der Waals surface area contributed by atoms with Crippen molar-refractivity contribution in [3.63, 3.8) is 0 Å². The Hall–Kier alpha value is -2.38. The number of carbonyl (C=O) groups excluding carboxylic acids is 2. The van der Waals surface area contributed by atoms with Crippen LogP contribution in [0.1, 0.15) is 6.42 Å². The third-order valence-electron chi connectivity index (χ3n) is 1.89. The van der Waals surface area contributed by atoms with Gasteiger partial charge in [-0.3, -0.25) is 19.9 Å². The van der Waals surface area contributed by atoms with Crippen molar-refractivity contribution in [2.24, 2.45) is 7.05 Å². The molecule has 0 unspecified atom stereocenters. The summed E-state index contributed by atoms with van der Waals surface area (Å²) in [4.78, 5) is 43.5. The number of aromatic amines is 1. The molecule has 0 aromatic carbocycles. The summed E-state index contributed by atoms with van der Waals surface area (Å²) in [6.45, 7) is 0.463. The number of imide groups is 1. The molecule has 1 fully saturated rings. The molecule has 0 aliphatic carbocycles. The predicted octanol–water partition coefficient (Wildman–Crippen LogP) is -1.71. The van der Waals surface area contributed by atoms with E-state index in [1.165, 1.54) is 16.8 Å². The van der Waals surface area contributed by atoms with E-state index in [1.807, 2.05) is 0 Å².